The van der Waals surface area contributed by atoms with Crippen LogP contribution in [0.2, 0.25) is 0 Å². The molecule has 4 nitrogen and oxygen atoms in total. The number of thioether (sulfide) groups is 1. The Morgan fingerprint density at radius 3 is 2.33 bits per heavy atom. The van der Waals surface area contributed by atoms with E-state index in [4.69, 9.17) is 16.3 Å². The van der Waals surface area contributed by atoms with Gasteiger partial charge in [-0.05, 0) is 12.7 Å². The lowest BCUT2D eigenvalue weighted by atomic mass is 10.0. The molecule has 3 N–H and O–H groups in total. The van der Waals surface area contributed by atoms with Gasteiger partial charge in [-0.25, -0.2) is 4.98 Å². The van der Waals surface area contributed by atoms with Gasteiger partial charge in [-0.2, -0.15) is 10.5 Å². The minimum Gasteiger partial charge on any atom is -0.286 e. The van der Waals surface area contributed by atoms with Gasteiger partial charge < -0.3 is 0 Å². The van der Waals surface area contributed by atoms with Crippen molar-refractivity contribution in [2.24, 2.45) is 0 Å². The Morgan fingerprint density at radius 1 is 1.33 bits per heavy atom. The molecule has 0 aliphatic heterocycles. The average Bonchev–Trinajstić information content (AvgIpc) is 2.27. The van der Waals surface area contributed by atoms with Crippen molar-refractivity contribution in [1.82, 2.24) is 0 Å². The van der Waals surface area contributed by atoms with Gasteiger partial charge in [-0.1, -0.05) is 18.7 Å². The minimum absolute atomic E-state index is 0.331. The Balaban J connectivity index is 3.63. The molecule has 76 valence electrons. The summed E-state index contributed by atoms with van der Waals surface area (Å²) in [5, 5.41) is 18.7. The highest BCUT2D eigenvalue weighted by atomic mass is 32.2. The van der Waals surface area contributed by atoms with E-state index >= 15 is 0 Å². The van der Waals surface area contributed by atoms with Gasteiger partial charge in [0.25, 0.3) is 5.82 Å². The van der Waals surface area contributed by atoms with Crippen molar-refractivity contribution in [3.8, 4) is 12.1 Å². The van der Waals surface area contributed by atoms with E-state index in [-0.39, 0.29) is 0 Å². The predicted octanol–water partition coefficient (Wildman–Crippen LogP) is 1.11. The quantitative estimate of drug-likeness (QED) is 0.755. The number of pyridine rings is 1. The van der Waals surface area contributed by atoms with Gasteiger partial charge in [0.2, 0.25) is 0 Å². The van der Waals surface area contributed by atoms with E-state index < -0.39 is 0 Å². The third-order valence-corrected chi connectivity index (χ3v) is 2.84. The van der Waals surface area contributed by atoms with Crippen LogP contribution in [-0.4, -0.2) is 6.26 Å². The van der Waals surface area contributed by atoms with Crippen molar-refractivity contribution >= 4 is 17.6 Å². The van der Waals surface area contributed by atoms with Gasteiger partial charge in [0.15, 0.2) is 5.03 Å². The average molecular weight is 219 g/mol. The summed E-state index contributed by atoms with van der Waals surface area (Å²) < 4.78 is 0. The number of nitrogens with zero attached hydrogens (tertiary/aromatic N) is 2. The number of nitrogens with one attached hydrogen (secondary N) is 1. The van der Waals surface area contributed by atoms with Gasteiger partial charge in [0.05, 0.1) is 0 Å². The molecule has 0 saturated heterocycles. The number of hydrogen-bond acceptors (Lipinski definition) is 4. The van der Waals surface area contributed by atoms with Crippen LogP contribution >= 0.6 is 11.8 Å². The van der Waals surface area contributed by atoms with Gasteiger partial charge in [0, 0.05) is 5.56 Å². The van der Waals surface area contributed by atoms with Crippen LogP contribution in [0.1, 0.15) is 23.6 Å². The molecule has 5 heteroatoms. The molecule has 1 aromatic heterocycles. The maximum atomic E-state index is 9.04. The predicted molar refractivity (Wildman–Crippen MR) is 58.0 cm³/mol. The third-order valence-electron chi connectivity index (χ3n) is 2.13. The molecule has 0 fully saturated rings. The summed E-state index contributed by atoms with van der Waals surface area (Å²) in [6.07, 6.45) is 2.48. The van der Waals surface area contributed by atoms with E-state index in [1.165, 1.54) is 11.8 Å². The molecule has 15 heavy (non-hydrogen) atoms. The smallest absolute Gasteiger partial charge is 0.286 e. The lowest BCUT2D eigenvalue weighted by Gasteiger charge is -2.05. The second kappa shape index (κ2) is 4.68. The zero-order valence-corrected chi connectivity index (χ0v) is 9.40. The molecule has 0 unspecified atom stereocenters. The first-order chi connectivity index (χ1) is 7.19. The summed E-state index contributed by atoms with van der Waals surface area (Å²) in [7, 11) is 0. The fraction of sp³-hybridized carbons (Fsp3) is 0.300. The Bertz CT molecular complexity index is 468. The van der Waals surface area contributed by atoms with Gasteiger partial charge in [0.1, 0.15) is 23.3 Å². The second-order valence-electron chi connectivity index (χ2n) is 2.88. The normalized spacial score (nSPS) is 9.33. The molecule has 0 bridgehead atoms. The van der Waals surface area contributed by atoms with E-state index in [0.717, 1.165) is 5.56 Å². The van der Waals surface area contributed by atoms with E-state index in [2.05, 4.69) is 11.1 Å². The van der Waals surface area contributed by atoms with E-state index in [0.29, 0.717) is 28.4 Å². The molecule has 0 amide bonds. The van der Waals surface area contributed by atoms with Crippen molar-refractivity contribution in [3.05, 3.63) is 16.7 Å². The van der Waals surface area contributed by atoms with Gasteiger partial charge in [-0.15, -0.1) is 0 Å². The van der Waals surface area contributed by atoms with E-state index in [1.54, 1.807) is 0 Å². The molecule has 0 aromatic carbocycles. The summed E-state index contributed by atoms with van der Waals surface area (Å²) in [4.78, 5) is 2.87. The fourth-order valence-electron chi connectivity index (χ4n) is 1.42. The number of hydrogen-bond donors (Lipinski definition) is 1. The summed E-state index contributed by atoms with van der Waals surface area (Å²) in [6.45, 7) is 1.90. The summed E-state index contributed by atoms with van der Waals surface area (Å²) >= 11 is 1.42. The number of H-pyrrole nitrogens is 1. The van der Waals surface area contributed by atoms with Crippen molar-refractivity contribution in [2.75, 3.05) is 12.0 Å². The number of anilines is 1. The van der Waals surface area contributed by atoms with Crippen molar-refractivity contribution in [3.63, 3.8) is 0 Å². The van der Waals surface area contributed by atoms with Crippen LogP contribution in [0.3, 0.4) is 0 Å². The molecule has 0 aliphatic carbocycles. The summed E-state index contributed by atoms with van der Waals surface area (Å²) in [6, 6.07) is 4.13. The van der Waals surface area contributed by atoms with Crippen LogP contribution < -0.4 is 10.7 Å². The van der Waals surface area contributed by atoms with Gasteiger partial charge >= 0.3 is 0 Å². The summed E-state index contributed by atoms with van der Waals surface area (Å²) in [5.41, 5.74) is 7.33. The number of nitriles is 2. The van der Waals surface area contributed by atoms with Crippen LogP contribution in [0.25, 0.3) is 0 Å². The largest absolute Gasteiger partial charge is 0.289 e. The lowest BCUT2D eigenvalue weighted by molar-refractivity contribution is -0.410. The summed E-state index contributed by atoms with van der Waals surface area (Å²) in [5.74, 6) is 0.331. The van der Waals surface area contributed by atoms with Crippen LogP contribution in [0.15, 0.2) is 5.03 Å². The SMILES string of the molecule is CCc1c(C#N)c(N)[nH+]c(SC)c1C#N. The molecule has 0 atom stereocenters. The zero-order chi connectivity index (χ0) is 11.4. The van der Waals surface area contributed by atoms with Crippen LogP contribution in [0.5, 0.6) is 0 Å². The van der Waals surface area contributed by atoms with Crippen LogP contribution in [0.4, 0.5) is 5.82 Å². The molecule has 1 rings (SSSR count). The molecular formula is C10H11N4S+. The van der Waals surface area contributed by atoms with Crippen LogP contribution in [0, 0.1) is 22.7 Å². The standard InChI is InChI=1S/C10H10N4S/c1-3-6-7(4-11)9(13)14-10(15-2)8(6)5-12/h3H2,1-2H3,(H2,13,14)/p+1. The fourth-order valence-corrected chi connectivity index (χ4v) is 2.01. The zero-order valence-electron chi connectivity index (χ0n) is 8.59. The van der Waals surface area contributed by atoms with Crippen molar-refractivity contribution in [2.45, 2.75) is 18.4 Å². The van der Waals surface area contributed by atoms with Gasteiger partial charge in [-0.3, -0.25) is 5.73 Å². The molecule has 1 heterocycles. The van der Waals surface area contributed by atoms with E-state index in [9.17, 15) is 0 Å². The lowest BCUT2D eigenvalue weighted by Crippen LogP contribution is -2.19. The number of aromatic nitrogens is 1. The number of rotatable bonds is 2. The second-order valence-corrected chi connectivity index (χ2v) is 3.69. The molecule has 0 aliphatic rings. The van der Waals surface area contributed by atoms with Crippen LogP contribution in [-0.2, 0) is 6.42 Å². The minimum atomic E-state index is 0.331. The highest BCUT2D eigenvalue weighted by Gasteiger charge is 2.19. The molecule has 0 spiro atoms. The Kier molecular flexibility index (Phi) is 3.54. The van der Waals surface area contributed by atoms with Crippen molar-refractivity contribution in [1.29, 1.82) is 10.5 Å². The highest BCUT2D eigenvalue weighted by Crippen LogP contribution is 2.24. The number of nitrogens with two attached hydrogens (primary N) is 1. The third kappa shape index (κ3) is 1.88. The highest BCUT2D eigenvalue weighted by molar-refractivity contribution is 7.98. The maximum Gasteiger partial charge on any atom is 0.289 e. The Morgan fingerprint density at radius 2 is 1.93 bits per heavy atom. The molecular weight excluding hydrogens is 208 g/mol. The Labute approximate surface area is 92.7 Å². The van der Waals surface area contributed by atoms with Crippen molar-refractivity contribution < 1.29 is 4.98 Å². The number of nitrogen functional groups attached to an aromatic ring is 1. The first-order valence-electron chi connectivity index (χ1n) is 4.41. The molecule has 0 radical (unpaired) electrons. The monoisotopic (exact) mass is 219 g/mol. The topological polar surface area (TPSA) is 87.7 Å². The first kappa shape index (κ1) is 11.4. The molecule has 0 saturated carbocycles. The van der Waals surface area contributed by atoms with E-state index in [1.807, 2.05) is 19.2 Å². The maximum absolute atomic E-state index is 9.04. The molecule has 1 aromatic rings. The Hall–Kier alpha value is -1.72. The first-order valence-corrected chi connectivity index (χ1v) is 5.63. The number of aromatic amines is 1.